The molecule has 8 heteroatoms. The first-order chi connectivity index (χ1) is 13.8. The van der Waals surface area contributed by atoms with Gasteiger partial charge in [0.05, 0.1) is 16.8 Å². The standard InChI is InChI=1S/C21H21F3N4O/c1-13-5-3-4-6-17(13)28-18-11-14(21(22,23)24)7-8-16(18)19(26-20(28)29)27-10-9-15(12-27)25-2/h3-8,11,15,25H,9-10,12H2,1-2H3/t15-/m0/s1. The lowest BCUT2D eigenvalue weighted by Gasteiger charge is -2.22. The number of halogens is 3. The van der Waals surface area contributed by atoms with Crippen molar-refractivity contribution in [2.24, 2.45) is 0 Å². The topological polar surface area (TPSA) is 50.2 Å². The molecule has 3 aromatic rings. The molecule has 1 aromatic heterocycles. The van der Waals surface area contributed by atoms with Crippen LogP contribution in [0.4, 0.5) is 19.0 Å². The lowest BCUT2D eigenvalue weighted by Crippen LogP contribution is -2.32. The molecule has 2 aromatic carbocycles. The molecule has 0 bridgehead atoms. The van der Waals surface area contributed by atoms with Crippen molar-refractivity contribution in [2.45, 2.75) is 25.6 Å². The van der Waals surface area contributed by atoms with Crippen LogP contribution < -0.4 is 15.9 Å². The number of hydrogen-bond donors (Lipinski definition) is 1. The van der Waals surface area contributed by atoms with Crippen LogP contribution in [-0.4, -0.2) is 35.7 Å². The summed E-state index contributed by atoms with van der Waals surface area (Å²) in [6.07, 6.45) is -3.63. The van der Waals surface area contributed by atoms with Crippen LogP contribution in [0.5, 0.6) is 0 Å². The second-order valence-corrected chi connectivity index (χ2v) is 7.29. The van der Waals surface area contributed by atoms with Gasteiger partial charge in [-0.05, 0) is 50.2 Å². The lowest BCUT2D eigenvalue weighted by molar-refractivity contribution is -0.137. The van der Waals surface area contributed by atoms with Gasteiger partial charge in [0.1, 0.15) is 5.82 Å². The Balaban J connectivity index is 2.01. The van der Waals surface area contributed by atoms with E-state index in [0.29, 0.717) is 30.0 Å². The van der Waals surface area contributed by atoms with Crippen molar-refractivity contribution in [1.82, 2.24) is 14.9 Å². The Morgan fingerprint density at radius 3 is 2.59 bits per heavy atom. The summed E-state index contributed by atoms with van der Waals surface area (Å²) in [7, 11) is 1.87. The molecule has 1 fully saturated rings. The van der Waals surface area contributed by atoms with Gasteiger partial charge in [0.25, 0.3) is 0 Å². The molecule has 0 radical (unpaired) electrons. The smallest absolute Gasteiger partial charge is 0.354 e. The summed E-state index contributed by atoms with van der Waals surface area (Å²) in [5, 5.41) is 3.72. The first-order valence-corrected chi connectivity index (χ1v) is 9.42. The molecule has 0 saturated carbocycles. The molecule has 2 heterocycles. The fourth-order valence-electron chi connectivity index (χ4n) is 3.86. The minimum atomic E-state index is -4.50. The normalized spacial score (nSPS) is 17.3. The Hall–Kier alpha value is -2.87. The fourth-order valence-corrected chi connectivity index (χ4v) is 3.86. The summed E-state index contributed by atoms with van der Waals surface area (Å²) in [6.45, 7) is 3.14. The van der Waals surface area contributed by atoms with E-state index in [1.165, 1.54) is 10.6 Å². The van der Waals surface area contributed by atoms with Gasteiger partial charge in [-0.3, -0.25) is 4.57 Å². The Morgan fingerprint density at radius 1 is 1.17 bits per heavy atom. The molecule has 4 rings (SSSR count). The predicted octanol–water partition coefficient (Wildman–Crippen LogP) is 3.51. The van der Waals surface area contributed by atoms with Crippen LogP contribution in [0.15, 0.2) is 47.3 Å². The summed E-state index contributed by atoms with van der Waals surface area (Å²) < 4.78 is 41.5. The SMILES string of the molecule is CN[C@H]1CCN(c2nc(=O)n(-c3ccccc3C)c3cc(C(F)(F)F)ccc23)C1. The van der Waals surface area contributed by atoms with Crippen molar-refractivity contribution in [3.05, 3.63) is 64.1 Å². The molecule has 1 saturated heterocycles. The fraction of sp³-hybridized carbons (Fsp3) is 0.333. The third-order valence-corrected chi connectivity index (χ3v) is 5.45. The maximum absolute atomic E-state index is 13.4. The van der Waals surface area contributed by atoms with Gasteiger partial charge in [-0.1, -0.05) is 18.2 Å². The van der Waals surface area contributed by atoms with Gasteiger partial charge in [0.2, 0.25) is 0 Å². The molecular weight excluding hydrogens is 381 g/mol. The van der Waals surface area contributed by atoms with Gasteiger partial charge in [-0.2, -0.15) is 18.2 Å². The zero-order valence-electron chi connectivity index (χ0n) is 16.1. The number of nitrogens with zero attached hydrogens (tertiary/aromatic N) is 3. The van der Waals surface area contributed by atoms with Crippen LogP contribution >= 0.6 is 0 Å². The van der Waals surface area contributed by atoms with Gasteiger partial charge < -0.3 is 10.2 Å². The van der Waals surface area contributed by atoms with E-state index in [4.69, 9.17) is 0 Å². The van der Waals surface area contributed by atoms with E-state index in [0.717, 1.165) is 24.1 Å². The van der Waals surface area contributed by atoms with Gasteiger partial charge in [0.15, 0.2) is 0 Å². The third-order valence-electron chi connectivity index (χ3n) is 5.45. The van der Waals surface area contributed by atoms with Gasteiger partial charge in [-0.15, -0.1) is 0 Å². The maximum atomic E-state index is 13.4. The van der Waals surface area contributed by atoms with Crippen LogP contribution in [0, 0.1) is 6.92 Å². The number of rotatable bonds is 3. The highest BCUT2D eigenvalue weighted by Gasteiger charge is 2.32. The van der Waals surface area contributed by atoms with E-state index in [9.17, 15) is 18.0 Å². The minimum absolute atomic E-state index is 0.206. The largest absolute Gasteiger partial charge is 0.416 e. The van der Waals surface area contributed by atoms with Crippen molar-refractivity contribution < 1.29 is 13.2 Å². The highest BCUT2D eigenvalue weighted by molar-refractivity contribution is 5.91. The second kappa shape index (κ2) is 7.18. The van der Waals surface area contributed by atoms with Crippen LogP contribution in [-0.2, 0) is 6.18 Å². The zero-order chi connectivity index (χ0) is 20.8. The monoisotopic (exact) mass is 402 g/mol. The Morgan fingerprint density at radius 2 is 1.93 bits per heavy atom. The van der Waals surface area contributed by atoms with Crippen molar-refractivity contribution in [3.63, 3.8) is 0 Å². The number of anilines is 1. The highest BCUT2D eigenvalue weighted by Crippen LogP contribution is 2.34. The number of likely N-dealkylation sites (N-methyl/N-ethyl adjacent to an activating group) is 1. The summed E-state index contributed by atoms with van der Waals surface area (Å²) in [6, 6.07) is 10.8. The van der Waals surface area contributed by atoms with Crippen molar-refractivity contribution in [2.75, 3.05) is 25.0 Å². The van der Waals surface area contributed by atoms with Crippen LogP contribution in [0.2, 0.25) is 0 Å². The summed E-state index contributed by atoms with van der Waals surface area (Å²) in [5.41, 5.74) is 0.124. The molecular formula is C21H21F3N4O. The van der Waals surface area contributed by atoms with E-state index in [1.807, 2.05) is 31.0 Å². The number of nitrogens with one attached hydrogen (secondary N) is 1. The summed E-state index contributed by atoms with van der Waals surface area (Å²) >= 11 is 0. The Labute approximate surface area is 165 Å². The number of aromatic nitrogens is 2. The van der Waals surface area contributed by atoms with E-state index in [-0.39, 0.29) is 11.6 Å². The van der Waals surface area contributed by atoms with Gasteiger partial charge in [-0.25, -0.2) is 4.79 Å². The predicted molar refractivity (Wildman–Crippen MR) is 107 cm³/mol. The highest BCUT2D eigenvalue weighted by atomic mass is 19.4. The first kappa shape index (κ1) is 19.4. The molecule has 0 aliphatic carbocycles. The van der Waals surface area contributed by atoms with Crippen molar-refractivity contribution in [3.8, 4) is 5.69 Å². The summed E-state index contributed by atoms with van der Waals surface area (Å²) in [4.78, 5) is 19.2. The van der Waals surface area contributed by atoms with Crippen molar-refractivity contribution in [1.29, 1.82) is 0 Å². The van der Waals surface area contributed by atoms with E-state index >= 15 is 0 Å². The molecule has 0 spiro atoms. The molecule has 152 valence electrons. The molecule has 1 N–H and O–H groups in total. The lowest BCUT2D eigenvalue weighted by atomic mass is 10.1. The second-order valence-electron chi connectivity index (χ2n) is 7.29. The first-order valence-electron chi connectivity index (χ1n) is 9.42. The van der Waals surface area contributed by atoms with Gasteiger partial charge in [0, 0.05) is 24.5 Å². The average molecular weight is 402 g/mol. The van der Waals surface area contributed by atoms with E-state index in [2.05, 4.69) is 10.3 Å². The average Bonchev–Trinajstić information content (AvgIpc) is 3.16. The van der Waals surface area contributed by atoms with E-state index < -0.39 is 17.4 Å². The summed E-state index contributed by atoms with van der Waals surface area (Å²) in [5.74, 6) is 0.432. The minimum Gasteiger partial charge on any atom is -0.354 e. The molecule has 1 aliphatic rings. The molecule has 29 heavy (non-hydrogen) atoms. The maximum Gasteiger partial charge on any atom is 0.416 e. The number of aryl methyl sites for hydroxylation is 1. The van der Waals surface area contributed by atoms with Crippen molar-refractivity contribution >= 4 is 16.7 Å². The number of benzene rings is 2. The number of hydrogen-bond acceptors (Lipinski definition) is 4. The molecule has 1 atom stereocenters. The molecule has 0 amide bonds. The van der Waals surface area contributed by atoms with Crippen LogP contribution in [0.3, 0.4) is 0 Å². The molecule has 0 unspecified atom stereocenters. The third kappa shape index (κ3) is 3.48. The number of fused-ring (bicyclic) bond motifs is 1. The molecule has 1 aliphatic heterocycles. The Bertz CT molecular complexity index is 1120. The molecule has 5 nitrogen and oxygen atoms in total. The quantitative estimate of drug-likeness (QED) is 0.729. The van der Waals surface area contributed by atoms with Gasteiger partial charge >= 0.3 is 11.9 Å². The van der Waals surface area contributed by atoms with Crippen LogP contribution in [0.25, 0.3) is 16.6 Å². The Kier molecular flexibility index (Phi) is 4.82. The number of alkyl halides is 3. The number of para-hydroxylation sites is 1. The van der Waals surface area contributed by atoms with E-state index in [1.54, 1.807) is 12.1 Å². The van der Waals surface area contributed by atoms with Crippen LogP contribution in [0.1, 0.15) is 17.5 Å². The zero-order valence-corrected chi connectivity index (χ0v) is 16.1.